The first-order chi connectivity index (χ1) is 17.9. The van der Waals surface area contributed by atoms with Gasteiger partial charge in [0.2, 0.25) is 17.7 Å². The van der Waals surface area contributed by atoms with E-state index >= 15 is 0 Å². The van der Waals surface area contributed by atoms with Gasteiger partial charge in [0, 0.05) is 50.6 Å². The minimum absolute atomic E-state index is 0.0534. The van der Waals surface area contributed by atoms with E-state index in [0.717, 1.165) is 50.8 Å². The van der Waals surface area contributed by atoms with E-state index in [4.69, 9.17) is 4.74 Å². The minimum Gasteiger partial charge on any atom is -0.465 e. The molecule has 0 radical (unpaired) electrons. The van der Waals surface area contributed by atoms with E-state index in [1.807, 2.05) is 16.7 Å². The topological polar surface area (TPSA) is 96.0 Å². The molecule has 37 heavy (non-hydrogen) atoms. The quantitative estimate of drug-likeness (QED) is 0.257. The Labute approximate surface area is 220 Å². The van der Waals surface area contributed by atoms with Crippen LogP contribution in [0.3, 0.4) is 0 Å². The predicted octanol–water partition coefficient (Wildman–Crippen LogP) is 3.86. The number of amides is 3. The maximum atomic E-state index is 13.7. The molecule has 2 aliphatic heterocycles. The van der Waals surface area contributed by atoms with Crippen molar-refractivity contribution in [3.05, 3.63) is 23.4 Å². The van der Waals surface area contributed by atoms with Crippen LogP contribution in [-0.2, 0) is 23.9 Å². The second kappa shape index (κ2) is 12.7. The van der Waals surface area contributed by atoms with E-state index < -0.39 is 11.3 Å². The largest absolute Gasteiger partial charge is 0.465 e. The lowest BCUT2D eigenvalue weighted by Gasteiger charge is -2.48. The summed E-state index contributed by atoms with van der Waals surface area (Å²) in [4.78, 5) is 55.4. The molecule has 8 nitrogen and oxygen atoms in total. The Kier molecular flexibility index (Phi) is 9.43. The highest BCUT2D eigenvalue weighted by atomic mass is 16.5. The number of rotatable bonds is 11. The second-order valence-corrected chi connectivity index (χ2v) is 10.9. The van der Waals surface area contributed by atoms with Gasteiger partial charge in [-0.2, -0.15) is 0 Å². The third-order valence-electron chi connectivity index (χ3n) is 8.37. The molecular formula is C29H43N3O5. The summed E-state index contributed by atoms with van der Waals surface area (Å²) in [5.41, 5.74) is 1.32. The fraction of sp³-hybridized carbons (Fsp3) is 0.724. The van der Waals surface area contributed by atoms with Crippen molar-refractivity contribution >= 4 is 23.7 Å². The van der Waals surface area contributed by atoms with Crippen LogP contribution in [0.15, 0.2) is 23.4 Å². The molecule has 2 saturated heterocycles. The summed E-state index contributed by atoms with van der Waals surface area (Å²) in [6.45, 7) is 4.55. The van der Waals surface area contributed by atoms with Gasteiger partial charge < -0.3 is 19.9 Å². The number of carbonyl (C=O) groups excluding carboxylic acids is 4. The molecule has 2 fully saturated rings. The van der Waals surface area contributed by atoms with Gasteiger partial charge in [0.15, 0.2) is 0 Å². The van der Waals surface area contributed by atoms with Gasteiger partial charge in [-0.25, -0.2) is 0 Å². The molecule has 4 rings (SSSR count). The highest BCUT2D eigenvalue weighted by Crippen LogP contribution is 2.50. The van der Waals surface area contributed by atoms with Crippen LogP contribution in [0.4, 0.5) is 0 Å². The summed E-state index contributed by atoms with van der Waals surface area (Å²) in [7, 11) is 0. The van der Waals surface area contributed by atoms with Gasteiger partial charge >= 0.3 is 5.97 Å². The molecule has 0 saturated carbocycles. The Bertz CT molecular complexity index is 942. The number of ether oxygens (including phenoxy) is 1. The van der Waals surface area contributed by atoms with Crippen LogP contribution in [0.1, 0.15) is 90.4 Å². The number of piperidine rings is 1. The second-order valence-electron chi connectivity index (χ2n) is 10.9. The van der Waals surface area contributed by atoms with E-state index in [0.29, 0.717) is 51.9 Å². The summed E-state index contributed by atoms with van der Waals surface area (Å²) >= 11 is 0. The van der Waals surface area contributed by atoms with E-state index in [9.17, 15) is 19.2 Å². The zero-order valence-electron chi connectivity index (χ0n) is 22.4. The number of nitrogens with one attached hydrogen (secondary N) is 1. The summed E-state index contributed by atoms with van der Waals surface area (Å²) in [6, 6.07) is 0. The molecule has 4 aliphatic rings. The van der Waals surface area contributed by atoms with Crippen molar-refractivity contribution in [1.82, 2.24) is 15.1 Å². The molecule has 0 bridgehead atoms. The smallest absolute Gasteiger partial charge is 0.318 e. The lowest BCUT2D eigenvalue weighted by molar-refractivity contribution is -0.162. The number of hydrogen-bond acceptors (Lipinski definition) is 5. The molecule has 204 valence electrons. The van der Waals surface area contributed by atoms with Crippen molar-refractivity contribution < 1.29 is 23.9 Å². The monoisotopic (exact) mass is 513 g/mol. The highest BCUT2D eigenvalue weighted by molar-refractivity contribution is 5.92. The molecule has 0 aromatic rings. The van der Waals surface area contributed by atoms with E-state index in [1.54, 1.807) is 0 Å². The van der Waals surface area contributed by atoms with Crippen LogP contribution in [0.25, 0.3) is 0 Å². The third-order valence-corrected chi connectivity index (χ3v) is 8.37. The third kappa shape index (κ3) is 6.44. The molecule has 8 heteroatoms. The number of carbonyl (C=O) groups is 4. The van der Waals surface area contributed by atoms with Gasteiger partial charge in [-0.05, 0) is 77.6 Å². The van der Waals surface area contributed by atoms with Crippen molar-refractivity contribution in [3.63, 3.8) is 0 Å². The Balaban J connectivity index is 1.43. The predicted molar refractivity (Wildman–Crippen MR) is 140 cm³/mol. The van der Waals surface area contributed by atoms with Crippen LogP contribution in [0, 0.1) is 11.3 Å². The van der Waals surface area contributed by atoms with Gasteiger partial charge in [0.1, 0.15) is 5.41 Å². The number of nitrogens with zero attached hydrogens (tertiary/aromatic N) is 2. The van der Waals surface area contributed by atoms with Crippen molar-refractivity contribution in [2.75, 3.05) is 32.8 Å². The zero-order valence-corrected chi connectivity index (χ0v) is 22.4. The standard InChI is InChI=1S/C29H43N3O5/c1-2-37-28(36)29-15-7-6-12-24(29)32(19-14-22-10-4-3-5-11-22)27(35)23(21-29)20-25(33)30-16-9-18-31-17-8-13-26(31)34/h10,12,23H,2-9,11,13-21H2,1H3,(H,30,33)/t23-,29+/m1/s1. The van der Waals surface area contributed by atoms with Gasteiger partial charge in [-0.15, -0.1) is 0 Å². The lowest BCUT2D eigenvalue weighted by Crippen LogP contribution is -2.54. The normalized spacial score (nSPS) is 25.9. The van der Waals surface area contributed by atoms with Gasteiger partial charge in [-0.1, -0.05) is 17.7 Å². The molecule has 3 amide bonds. The molecule has 0 spiro atoms. The van der Waals surface area contributed by atoms with Crippen molar-refractivity contribution in [3.8, 4) is 0 Å². The highest BCUT2D eigenvalue weighted by Gasteiger charge is 2.54. The number of allylic oxidation sites excluding steroid dienone is 2. The first-order valence-electron chi connectivity index (χ1n) is 14.4. The van der Waals surface area contributed by atoms with Crippen LogP contribution in [0.2, 0.25) is 0 Å². The molecule has 2 atom stereocenters. The van der Waals surface area contributed by atoms with Gasteiger partial charge in [0.25, 0.3) is 0 Å². The Morgan fingerprint density at radius 3 is 2.65 bits per heavy atom. The first-order valence-corrected chi connectivity index (χ1v) is 14.4. The lowest BCUT2D eigenvalue weighted by atomic mass is 9.66. The Morgan fingerprint density at radius 1 is 1.08 bits per heavy atom. The number of fused-ring (bicyclic) bond motifs is 1. The molecule has 0 aromatic heterocycles. The van der Waals surface area contributed by atoms with E-state index in [2.05, 4.69) is 17.5 Å². The van der Waals surface area contributed by atoms with Crippen LogP contribution in [0.5, 0.6) is 0 Å². The molecule has 2 aliphatic carbocycles. The van der Waals surface area contributed by atoms with Crippen molar-refractivity contribution in [2.24, 2.45) is 11.3 Å². The maximum Gasteiger partial charge on any atom is 0.318 e. The average molecular weight is 514 g/mol. The maximum absolute atomic E-state index is 13.7. The van der Waals surface area contributed by atoms with Gasteiger partial charge in [0.05, 0.1) is 6.61 Å². The minimum atomic E-state index is -0.857. The fourth-order valence-corrected chi connectivity index (χ4v) is 6.46. The van der Waals surface area contributed by atoms with E-state index in [1.165, 1.54) is 18.4 Å². The molecule has 2 heterocycles. The number of hydrogen-bond donors (Lipinski definition) is 1. The van der Waals surface area contributed by atoms with Crippen LogP contribution >= 0.6 is 0 Å². The average Bonchev–Trinajstić information content (AvgIpc) is 3.32. The van der Waals surface area contributed by atoms with Crippen molar-refractivity contribution in [1.29, 1.82) is 0 Å². The molecular weight excluding hydrogens is 470 g/mol. The number of esters is 1. The number of likely N-dealkylation sites (tertiary alicyclic amines) is 2. The molecule has 1 N–H and O–H groups in total. The summed E-state index contributed by atoms with van der Waals surface area (Å²) in [5, 5.41) is 2.94. The summed E-state index contributed by atoms with van der Waals surface area (Å²) in [5.74, 6) is -0.870. The Hall–Kier alpha value is -2.64. The SMILES string of the molecule is CCOC(=O)[C@]12CCCC=C1N(CCC1=CCCCC1)C(=O)[C@H](CC(=O)NCCCN1CCCC1=O)C2. The van der Waals surface area contributed by atoms with Crippen LogP contribution in [-0.4, -0.2) is 66.3 Å². The summed E-state index contributed by atoms with van der Waals surface area (Å²) in [6.07, 6.45) is 14.7. The summed E-state index contributed by atoms with van der Waals surface area (Å²) < 4.78 is 5.55. The zero-order chi connectivity index (χ0) is 26.3. The Morgan fingerprint density at radius 2 is 1.92 bits per heavy atom. The van der Waals surface area contributed by atoms with Gasteiger partial charge in [-0.3, -0.25) is 19.2 Å². The van der Waals surface area contributed by atoms with E-state index in [-0.39, 0.29) is 30.1 Å². The molecule has 0 unspecified atom stereocenters. The molecule has 0 aromatic carbocycles. The first kappa shape index (κ1) is 27.4. The fourth-order valence-electron chi connectivity index (χ4n) is 6.46. The van der Waals surface area contributed by atoms with Crippen LogP contribution < -0.4 is 5.32 Å². The van der Waals surface area contributed by atoms with Crippen molar-refractivity contribution in [2.45, 2.75) is 90.4 Å².